The predicted octanol–water partition coefficient (Wildman–Crippen LogP) is 14.4. The number of para-hydroxylation sites is 2. The normalized spacial score (nSPS) is 11.7. The lowest BCUT2D eigenvalue weighted by atomic mass is 9.98. The van der Waals surface area contributed by atoms with Crippen molar-refractivity contribution < 1.29 is 0 Å². The Bertz CT molecular complexity index is 3540. The maximum absolute atomic E-state index is 5.60. The summed E-state index contributed by atoms with van der Waals surface area (Å²) in [6.07, 6.45) is 1.90. The zero-order chi connectivity index (χ0) is 39.6. The molecule has 60 heavy (non-hydrogen) atoms. The van der Waals surface area contributed by atoms with Crippen LogP contribution in [0.15, 0.2) is 212 Å². The molecule has 0 amide bonds. The number of benzene rings is 9. The van der Waals surface area contributed by atoms with E-state index in [0.717, 1.165) is 111 Å². The molecule has 0 spiro atoms. The summed E-state index contributed by atoms with van der Waals surface area (Å²) in [5.74, 6) is 0.789. The quantitative estimate of drug-likeness (QED) is 0.158. The Balaban J connectivity index is 1.13. The van der Waals surface area contributed by atoms with Gasteiger partial charge in [0.15, 0.2) is 5.82 Å². The maximum atomic E-state index is 5.60. The summed E-state index contributed by atoms with van der Waals surface area (Å²) in [6, 6.07) is 72.9. The van der Waals surface area contributed by atoms with Crippen molar-refractivity contribution in [2.75, 3.05) is 4.90 Å². The van der Waals surface area contributed by atoms with Crippen molar-refractivity contribution in [3.63, 3.8) is 0 Å². The second-order valence-corrected chi connectivity index (χ2v) is 15.2. The van der Waals surface area contributed by atoms with Crippen molar-refractivity contribution in [3.05, 3.63) is 212 Å². The van der Waals surface area contributed by atoms with E-state index in [4.69, 9.17) is 15.0 Å². The highest BCUT2D eigenvalue weighted by atomic mass is 15.1. The Labute approximate surface area is 346 Å². The van der Waals surface area contributed by atoms with Gasteiger partial charge in [0, 0.05) is 55.8 Å². The fourth-order valence-corrected chi connectivity index (χ4v) is 9.00. The lowest BCUT2D eigenvalue weighted by Gasteiger charge is -2.25. The van der Waals surface area contributed by atoms with Gasteiger partial charge >= 0.3 is 0 Å². The summed E-state index contributed by atoms with van der Waals surface area (Å²) in [7, 11) is 0. The molecular formula is C55H35N5. The second-order valence-electron chi connectivity index (χ2n) is 15.2. The van der Waals surface area contributed by atoms with Crippen LogP contribution in [0.3, 0.4) is 0 Å². The number of anilines is 3. The molecule has 0 fully saturated rings. The number of pyridine rings is 1. The minimum absolute atomic E-state index is 0.789. The van der Waals surface area contributed by atoms with Gasteiger partial charge in [-0.15, -0.1) is 0 Å². The molecule has 12 rings (SSSR count). The van der Waals surface area contributed by atoms with Gasteiger partial charge in [0.05, 0.1) is 27.6 Å². The molecule has 0 aliphatic heterocycles. The third-order valence-electron chi connectivity index (χ3n) is 11.8. The summed E-state index contributed by atoms with van der Waals surface area (Å²) in [4.78, 5) is 18.3. The second kappa shape index (κ2) is 13.8. The summed E-state index contributed by atoms with van der Waals surface area (Å²) in [5, 5.41) is 7.86. The Hall–Kier alpha value is -8.15. The van der Waals surface area contributed by atoms with E-state index in [-0.39, 0.29) is 0 Å². The zero-order valence-corrected chi connectivity index (χ0v) is 32.4. The lowest BCUT2D eigenvalue weighted by molar-refractivity contribution is 1.08. The zero-order valence-electron chi connectivity index (χ0n) is 32.4. The predicted molar refractivity (Wildman–Crippen MR) is 250 cm³/mol. The molecule has 0 aliphatic carbocycles. The third-order valence-corrected chi connectivity index (χ3v) is 11.8. The minimum atomic E-state index is 0.789. The fourth-order valence-electron chi connectivity index (χ4n) is 9.00. The van der Waals surface area contributed by atoms with Crippen LogP contribution in [0.5, 0.6) is 0 Å². The van der Waals surface area contributed by atoms with Gasteiger partial charge in [-0.05, 0) is 88.6 Å². The Morgan fingerprint density at radius 3 is 1.78 bits per heavy atom. The van der Waals surface area contributed by atoms with Crippen LogP contribution in [-0.4, -0.2) is 19.5 Å². The lowest BCUT2D eigenvalue weighted by Crippen LogP contribution is -2.09. The van der Waals surface area contributed by atoms with E-state index < -0.39 is 0 Å². The van der Waals surface area contributed by atoms with Crippen LogP contribution in [-0.2, 0) is 0 Å². The van der Waals surface area contributed by atoms with Gasteiger partial charge in [0.1, 0.15) is 5.69 Å². The van der Waals surface area contributed by atoms with Crippen molar-refractivity contribution in [3.8, 4) is 28.2 Å². The number of fused-ring (bicyclic) bond motifs is 10. The molecule has 0 saturated heterocycles. The van der Waals surface area contributed by atoms with E-state index in [1.807, 2.05) is 18.3 Å². The highest BCUT2D eigenvalue weighted by Crippen LogP contribution is 2.43. The van der Waals surface area contributed by atoms with E-state index in [1.165, 1.54) is 0 Å². The van der Waals surface area contributed by atoms with Crippen LogP contribution in [0, 0.1) is 0 Å². The molecule has 0 radical (unpaired) electrons. The third kappa shape index (κ3) is 5.44. The van der Waals surface area contributed by atoms with Crippen molar-refractivity contribution in [2.24, 2.45) is 0 Å². The summed E-state index contributed by atoms with van der Waals surface area (Å²) < 4.78 is 2.33. The first-order chi connectivity index (χ1) is 29.8. The average molecular weight is 766 g/mol. The molecule has 0 atom stereocenters. The Kier molecular flexibility index (Phi) is 7.78. The van der Waals surface area contributed by atoms with E-state index in [0.29, 0.717) is 0 Å². The Morgan fingerprint density at radius 1 is 0.383 bits per heavy atom. The topological polar surface area (TPSA) is 46.8 Å². The largest absolute Gasteiger partial charge is 0.311 e. The smallest absolute Gasteiger partial charge is 0.165 e. The van der Waals surface area contributed by atoms with Gasteiger partial charge < -0.3 is 4.90 Å². The number of rotatable bonds is 6. The standard InChI is InChI=1S/C55H35N5/c1-4-14-39(15-5-1)53-55(58-54-45-21-11-10-13-37(45)26-31-47(54)57-53)60-48-32-28-41(35-46(48)51-49(60)33-27-38-22-23-40-16-12-34-56-52(40)50(38)51)36-24-29-44(30-25-36)59(42-17-6-2-7-18-42)43-19-8-3-9-20-43/h1-35H. The van der Waals surface area contributed by atoms with E-state index in [2.05, 4.69) is 204 Å². The molecule has 3 aromatic heterocycles. The van der Waals surface area contributed by atoms with Crippen molar-refractivity contribution >= 4 is 82.3 Å². The van der Waals surface area contributed by atoms with E-state index >= 15 is 0 Å². The van der Waals surface area contributed by atoms with Crippen LogP contribution in [0.4, 0.5) is 17.1 Å². The van der Waals surface area contributed by atoms with Gasteiger partial charge in [0.25, 0.3) is 0 Å². The summed E-state index contributed by atoms with van der Waals surface area (Å²) in [5.41, 5.74) is 12.2. The molecule has 280 valence electrons. The van der Waals surface area contributed by atoms with Gasteiger partial charge in [-0.3, -0.25) is 9.55 Å². The molecule has 0 unspecified atom stereocenters. The van der Waals surface area contributed by atoms with Crippen molar-refractivity contribution in [1.82, 2.24) is 19.5 Å². The number of hydrogen-bond acceptors (Lipinski definition) is 4. The van der Waals surface area contributed by atoms with E-state index in [1.54, 1.807) is 0 Å². The maximum Gasteiger partial charge on any atom is 0.165 e. The molecular weight excluding hydrogens is 731 g/mol. The van der Waals surface area contributed by atoms with Crippen LogP contribution >= 0.6 is 0 Å². The van der Waals surface area contributed by atoms with Gasteiger partial charge in [0.2, 0.25) is 0 Å². The summed E-state index contributed by atoms with van der Waals surface area (Å²) in [6.45, 7) is 0. The molecule has 5 nitrogen and oxygen atoms in total. The van der Waals surface area contributed by atoms with Gasteiger partial charge in [-0.25, -0.2) is 9.97 Å². The number of aromatic nitrogens is 4. The van der Waals surface area contributed by atoms with Gasteiger partial charge in [-0.2, -0.15) is 0 Å². The molecule has 5 heteroatoms. The van der Waals surface area contributed by atoms with E-state index in [9.17, 15) is 0 Å². The molecule has 0 bridgehead atoms. The fraction of sp³-hybridized carbons (Fsp3) is 0. The van der Waals surface area contributed by atoms with Crippen LogP contribution in [0.25, 0.3) is 93.5 Å². The molecule has 3 heterocycles. The van der Waals surface area contributed by atoms with Crippen LogP contribution in [0.1, 0.15) is 0 Å². The van der Waals surface area contributed by atoms with Crippen molar-refractivity contribution in [1.29, 1.82) is 0 Å². The first-order valence-corrected chi connectivity index (χ1v) is 20.3. The highest BCUT2D eigenvalue weighted by molar-refractivity contribution is 6.28. The molecule has 0 aliphatic rings. The van der Waals surface area contributed by atoms with Crippen molar-refractivity contribution in [2.45, 2.75) is 0 Å². The molecule has 0 saturated carbocycles. The summed E-state index contributed by atoms with van der Waals surface area (Å²) >= 11 is 0. The number of hydrogen-bond donors (Lipinski definition) is 0. The Morgan fingerprint density at radius 2 is 1.00 bits per heavy atom. The first-order valence-electron chi connectivity index (χ1n) is 20.3. The first kappa shape index (κ1) is 33.9. The monoisotopic (exact) mass is 765 g/mol. The molecule has 12 aromatic rings. The van der Waals surface area contributed by atoms with Crippen LogP contribution in [0.2, 0.25) is 0 Å². The SMILES string of the molecule is c1ccc(-c2nc3ccc4ccccc4c3nc2-n2c3ccc(-c4ccc(N(c5ccccc5)c5ccccc5)cc4)cc3c3c4c(ccc5cccnc54)ccc32)cc1. The van der Waals surface area contributed by atoms with Crippen LogP contribution < -0.4 is 4.90 Å². The average Bonchev–Trinajstić information content (AvgIpc) is 3.66. The van der Waals surface area contributed by atoms with Gasteiger partial charge in [-0.1, -0.05) is 140 Å². The molecule has 9 aromatic carbocycles. The number of nitrogens with zero attached hydrogens (tertiary/aromatic N) is 5. The minimum Gasteiger partial charge on any atom is -0.311 e. The highest BCUT2D eigenvalue weighted by Gasteiger charge is 2.23. The molecule has 0 N–H and O–H groups in total.